The monoisotopic (exact) mass is 373 g/mol. The number of hydrogen-bond acceptors (Lipinski definition) is 4. The number of hydrogen-bond donors (Lipinski definition) is 2. The summed E-state index contributed by atoms with van der Waals surface area (Å²) in [5.74, 6) is 0.844. The highest BCUT2D eigenvalue weighted by Crippen LogP contribution is 2.23. The van der Waals surface area contributed by atoms with E-state index >= 15 is 0 Å². The summed E-state index contributed by atoms with van der Waals surface area (Å²) >= 11 is 0. The van der Waals surface area contributed by atoms with Gasteiger partial charge in [0.1, 0.15) is 5.75 Å². The van der Waals surface area contributed by atoms with Crippen molar-refractivity contribution in [2.45, 2.75) is 52.2 Å². The quantitative estimate of drug-likeness (QED) is 0.652. The van der Waals surface area contributed by atoms with Gasteiger partial charge in [-0.1, -0.05) is 24.3 Å². The molecule has 0 aliphatic carbocycles. The predicted molar refractivity (Wildman–Crippen MR) is 106 cm³/mol. The minimum atomic E-state index is -0.243. The second-order valence-electron chi connectivity index (χ2n) is 6.69. The van der Waals surface area contributed by atoms with Gasteiger partial charge >= 0.3 is 0 Å². The number of rotatable bonds is 9. The minimum Gasteiger partial charge on any atom is -0.494 e. The molecule has 1 saturated heterocycles. The zero-order valence-electron chi connectivity index (χ0n) is 16.5. The molecule has 2 N–H and O–H groups in total. The maximum Gasteiger partial charge on any atom is 0.237 e. The van der Waals surface area contributed by atoms with Crippen molar-refractivity contribution in [2.75, 3.05) is 19.7 Å². The molecule has 1 heterocycles. The van der Waals surface area contributed by atoms with Crippen molar-refractivity contribution in [1.82, 2.24) is 15.5 Å². The van der Waals surface area contributed by atoms with E-state index in [-0.39, 0.29) is 23.9 Å². The first-order valence-corrected chi connectivity index (χ1v) is 9.71. The highest BCUT2D eigenvalue weighted by molar-refractivity contribution is 5.82. The zero-order chi connectivity index (χ0) is 19.6. The number of benzene rings is 1. The van der Waals surface area contributed by atoms with Crippen LogP contribution in [0.2, 0.25) is 0 Å². The number of nitrogens with one attached hydrogen (secondary N) is 2. The average molecular weight is 373 g/mol. The normalized spacial score (nSPS) is 20.0. The summed E-state index contributed by atoms with van der Waals surface area (Å²) in [6, 6.07) is 7.68. The van der Waals surface area contributed by atoms with Crippen molar-refractivity contribution in [3.05, 3.63) is 42.0 Å². The van der Waals surface area contributed by atoms with Gasteiger partial charge in [-0.05, 0) is 44.9 Å². The summed E-state index contributed by atoms with van der Waals surface area (Å²) in [6.45, 7) is 8.28. The third kappa shape index (κ3) is 6.40. The lowest BCUT2D eigenvalue weighted by molar-refractivity contribution is -0.125. The molecule has 148 valence electrons. The van der Waals surface area contributed by atoms with E-state index in [0.717, 1.165) is 11.3 Å². The van der Waals surface area contributed by atoms with Crippen LogP contribution in [0.1, 0.15) is 39.2 Å². The molecule has 1 aromatic carbocycles. The van der Waals surface area contributed by atoms with Crippen LogP contribution < -0.4 is 15.4 Å². The summed E-state index contributed by atoms with van der Waals surface area (Å²) < 4.78 is 5.57. The number of nitrogens with zero attached hydrogens (tertiary/aromatic N) is 1. The van der Waals surface area contributed by atoms with Crippen molar-refractivity contribution in [3.8, 4) is 5.75 Å². The van der Waals surface area contributed by atoms with Crippen molar-refractivity contribution in [3.63, 3.8) is 0 Å². The Labute approximate surface area is 162 Å². The largest absolute Gasteiger partial charge is 0.494 e. The first-order chi connectivity index (χ1) is 13.1. The number of allylic oxidation sites excluding steroid dienone is 1. The van der Waals surface area contributed by atoms with Crippen LogP contribution in [0, 0.1) is 0 Å². The van der Waals surface area contributed by atoms with E-state index in [1.54, 1.807) is 0 Å². The molecule has 1 aliphatic heterocycles. The Morgan fingerprint density at radius 3 is 2.85 bits per heavy atom. The lowest BCUT2D eigenvalue weighted by Gasteiger charge is -2.23. The molecular weight excluding hydrogens is 342 g/mol. The molecule has 0 unspecified atom stereocenters. The fourth-order valence-electron chi connectivity index (χ4n) is 3.39. The van der Waals surface area contributed by atoms with E-state index in [2.05, 4.69) is 15.5 Å². The van der Waals surface area contributed by atoms with Crippen molar-refractivity contribution >= 4 is 11.8 Å². The van der Waals surface area contributed by atoms with Gasteiger partial charge in [-0.3, -0.25) is 14.5 Å². The molecule has 2 amide bonds. The fourth-order valence-corrected chi connectivity index (χ4v) is 3.39. The molecule has 27 heavy (non-hydrogen) atoms. The Balaban J connectivity index is 2.07. The van der Waals surface area contributed by atoms with Crippen molar-refractivity contribution < 1.29 is 14.3 Å². The van der Waals surface area contributed by atoms with Crippen LogP contribution in [0.25, 0.3) is 0 Å². The number of likely N-dealkylation sites (tertiary alicyclic amines) is 1. The first kappa shape index (κ1) is 21.0. The summed E-state index contributed by atoms with van der Waals surface area (Å²) in [5, 5.41) is 5.97. The fraction of sp³-hybridized carbons (Fsp3) is 0.524. The molecule has 1 aromatic rings. The maximum atomic E-state index is 12.5. The Hall–Kier alpha value is -2.34. The third-order valence-corrected chi connectivity index (χ3v) is 4.56. The molecule has 0 bridgehead atoms. The minimum absolute atomic E-state index is 0.00653. The molecule has 0 spiro atoms. The van der Waals surface area contributed by atoms with Gasteiger partial charge in [0.05, 0.1) is 12.6 Å². The molecule has 0 saturated carbocycles. The molecule has 1 aliphatic rings. The van der Waals surface area contributed by atoms with Gasteiger partial charge in [0.25, 0.3) is 0 Å². The first-order valence-electron chi connectivity index (χ1n) is 9.71. The van der Waals surface area contributed by atoms with Crippen LogP contribution in [0.15, 0.2) is 36.4 Å². The molecule has 2 rings (SSSR count). The van der Waals surface area contributed by atoms with Crippen LogP contribution in [-0.4, -0.2) is 48.5 Å². The molecule has 0 aromatic heterocycles. The molecule has 2 atom stereocenters. The summed E-state index contributed by atoms with van der Waals surface area (Å²) in [5.41, 5.74) is 1.09. The van der Waals surface area contributed by atoms with Gasteiger partial charge in [-0.2, -0.15) is 0 Å². The van der Waals surface area contributed by atoms with Gasteiger partial charge < -0.3 is 15.4 Å². The van der Waals surface area contributed by atoms with Crippen molar-refractivity contribution in [1.29, 1.82) is 0 Å². The van der Waals surface area contributed by atoms with Crippen LogP contribution in [0.3, 0.4) is 0 Å². The Morgan fingerprint density at radius 1 is 1.33 bits per heavy atom. The average Bonchev–Trinajstić information content (AvgIpc) is 3.03. The SMILES string of the molecule is CC=CCC(=O)N[C@H]1C[C@@H](C(=O)NCC)N(Cc2cccc(OCC)c2)C1. The summed E-state index contributed by atoms with van der Waals surface area (Å²) in [6.07, 6.45) is 4.69. The number of likely N-dealkylation sites (N-methyl/N-ethyl adjacent to an activating group) is 1. The Bertz CT molecular complexity index is 660. The topological polar surface area (TPSA) is 70.7 Å². The van der Waals surface area contributed by atoms with E-state index in [4.69, 9.17) is 4.74 Å². The lowest BCUT2D eigenvalue weighted by atomic mass is 10.1. The Kier molecular flexibility index (Phi) is 8.33. The van der Waals surface area contributed by atoms with E-state index < -0.39 is 0 Å². The lowest BCUT2D eigenvalue weighted by Crippen LogP contribution is -2.42. The number of carbonyl (C=O) groups excluding carboxylic acids is 2. The molecule has 1 fully saturated rings. The molecule has 6 heteroatoms. The third-order valence-electron chi connectivity index (χ3n) is 4.56. The van der Waals surface area contributed by atoms with Crippen LogP contribution in [-0.2, 0) is 16.1 Å². The molecule has 0 radical (unpaired) electrons. The Morgan fingerprint density at radius 2 is 2.15 bits per heavy atom. The highest BCUT2D eigenvalue weighted by Gasteiger charge is 2.37. The predicted octanol–water partition coefficient (Wildman–Crippen LogP) is 2.25. The van der Waals surface area contributed by atoms with Gasteiger partial charge in [0.2, 0.25) is 11.8 Å². The number of carbonyl (C=O) groups is 2. The number of amides is 2. The van der Waals surface area contributed by atoms with Crippen LogP contribution in [0.4, 0.5) is 0 Å². The number of ether oxygens (including phenoxy) is 1. The molecular formula is C21H31N3O3. The van der Waals surface area contributed by atoms with E-state index in [9.17, 15) is 9.59 Å². The van der Waals surface area contributed by atoms with E-state index in [1.807, 2.05) is 57.2 Å². The van der Waals surface area contributed by atoms with Gasteiger partial charge in [0, 0.05) is 32.1 Å². The smallest absolute Gasteiger partial charge is 0.237 e. The van der Waals surface area contributed by atoms with Crippen molar-refractivity contribution in [2.24, 2.45) is 0 Å². The maximum absolute atomic E-state index is 12.5. The second kappa shape index (κ2) is 10.7. The highest BCUT2D eigenvalue weighted by atomic mass is 16.5. The van der Waals surface area contributed by atoms with Crippen LogP contribution >= 0.6 is 0 Å². The van der Waals surface area contributed by atoms with E-state index in [1.165, 1.54) is 0 Å². The van der Waals surface area contributed by atoms with Gasteiger partial charge in [-0.15, -0.1) is 0 Å². The van der Waals surface area contributed by atoms with Gasteiger partial charge in [-0.25, -0.2) is 0 Å². The molecule has 6 nitrogen and oxygen atoms in total. The van der Waals surface area contributed by atoms with Gasteiger partial charge in [0.15, 0.2) is 0 Å². The summed E-state index contributed by atoms with van der Waals surface area (Å²) in [7, 11) is 0. The van der Waals surface area contributed by atoms with E-state index in [0.29, 0.717) is 39.1 Å². The zero-order valence-corrected chi connectivity index (χ0v) is 16.5. The second-order valence-corrected chi connectivity index (χ2v) is 6.69. The van der Waals surface area contributed by atoms with Crippen LogP contribution in [0.5, 0.6) is 5.75 Å². The standard InChI is InChI=1S/C21H31N3O3/c1-4-7-11-20(25)23-17-13-19(21(26)22-5-2)24(15-17)14-16-9-8-10-18(12-16)27-6-3/h4,7-10,12,17,19H,5-6,11,13-15H2,1-3H3,(H,22,26)(H,23,25)/t17-,19-/m0/s1. The summed E-state index contributed by atoms with van der Waals surface area (Å²) in [4.78, 5) is 26.7.